The van der Waals surface area contributed by atoms with Gasteiger partial charge in [0.25, 0.3) is 0 Å². The van der Waals surface area contributed by atoms with Crippen molar-refractivity contribution in [2.45, 2.75) is 72.1 Å². The van der Waals surface area contributed by atoms with Gasteiger partial charge in [0.05, 0.1) is 0 Å². The molecule has 0 heterocycles. The molecule has 0 unspecified atom stereocenters. The Hall–Kier alpha value is -2.49. The topological polar surface area (TPSA) is 58.6 Å². The third-order valence-electron chi connectivity index (χ3n) is 5.84. The Bertz CT molecular complexity index is 843. The Kier molecular flexibility index (Phi) is 6.83. The van der Waals surface area contributed by atoms with Gasteiger partial charge in [-0.05, 0) is 73.6 Å². The number of hydrogen-bond donors (Lipinski definition) is 2. The zero-order valence-electron chi connectivity index (χ0n) is 18.0. The number of rotatable bonds is 7. The highest BCUT2D eigenvalue weighted by Gasteiger charge is 2.17. The van der Waals surface area contributed by atoms with Crippen LogP contribution in [0.2, 0.25) is 0 Å². The van der Waals surface area contributed by atoms with E-state index in [1.165, 1.54) is 25.7 Å². The fourth-order valence-electron chi connectivity index (χ4n) is 4.22. The molecule has 4 heteroatoms. The number of aromatic hydroxyl groups is 1. The van der Waals surface area contributed by atoms with Crippen LogP contribution in [0.4, 0.5) is 5.69 Å². The van der Waals surface area contributed by atoms with Crippen LogP contribution >= 0.6 is 0 Å². The van der Waals surface area contributed by atoms with E-state index in [0.717, 1.165) is 40.5 Å². The number of phenols is 1. The SMILES string of the molecule is Cc1cc(NC(=O)CCC2CCCC2)cc(C)c1Oc1ccc(O)c(C(C)C)c1. The van der Waals surface area contributed by atoms with Crippen molar-refractivity contribution in [1.29, 1.82) is 0 Å². The normalized spacial score (nSPS) is 14.4. The van der Waals surface area contributed by atoms with Gasteiger partial charge in [0.15, 0.2) is 0 Å². The van der Waals surface area contributed by atoms with E-state index in [4.69, 9.17) is 4.74 Å². The zero-order valence-corrected chi connectivity index (χ0v) is 18.0. The highest BCUT2D eigenvalue weighted by atomic mass is 16.5. The number of aryl methyl sites for hydroxylation is 2. The molecule has 0 spiro atoms. The van der Waals surface area contributed by atoms with Gasteiger partial charge in [0.2, 0.25) is 5.91 Å². The Balaban J connectivity index is 1.67. The van der Waals surface area contributed by atoms with Gasteiger partial charge in [-0.15, -0.1) is 0 Å². The van der Waals surface area contributed by atoms with Crippen LogP contribution in [0, 0.1) is 19.8 Å². The lowest BCUT2D eigenvalue weighted by Gasteiger charge is -2.16. The van der Waals surface area contributed by atoms with Gasteiger partial charge in [-0.3, -0.25) is 4.79 Å². The number of benzene rings is 2. The summed E-state index contributed by atoms with van der Waals surface area (Å²) in [7, 11) is 0. The number of anilines is 1. The van der Waals surface area contributed by atoms with Gasteiger partial charge in [-0.25, -0.2) is 0 Å². The third-order valence-corrected chi connectivity index (χ3v) is 5.84. The second-order valence-corrected chi connectivity index (χ2v) is 8.65. The fraction of sp³-hybridized carbons (Fsp3) is 0.480. The molecule has 4 nitrogen and oxygen atoms in total. The van der Waals surface area contributed by atoms with Crippen LogP contribution in [0.3, 0.4) is 0 Å². The molecule has 3 rings (SSSR count). The minimum Gasteiger partial charge on any atom is -0.508 e. The van der Waals surface area contributed by atoms with E-state index in [1.807, 2.05) is 45.9 Å². The molecule has 0 aliphatic heterocycles. The summed E-state index contributed by atoms with van der Waals surface area (Å²) in [6.45, 7) is 8.06. The predicted octanol–water partition coefficient (Wildman–Crippen LogP) is 6.83. The van der Waals surface area contributed by atoms with Crippen LogP contribution in [-0.2, 0) is 4.79 Å². The molecule has 0 bridgehead atoms. The molecule has 1 aliphatic rings. The van der Waals surface area contributed by atoms with E-state index in [0.29, 0.717) is 12.2 Å². The summed E-state index contributed by atoms with van der Waals surface area (Å²) in [5.74, 6) is 2.80. The molecule has 29 heavy (non-hydrogen) atoms. The zero-order chi connectivity index (χ0) is 21.0. The molecule has 2 N–H and O–H groups in total. The largest absolute Gasteiger partial charge is 0.508 e. The highest BCUT2D eigenvalue weighted by molar-refractivity contribution is 5.91. The predicted molar refractivity (Wildman–Crippen MR) is 118 cm³/mol. The van der Waals surface area contributed by atoms with Gasteiger partial charge < -0.3 is 15.2 Å². The third kappa shape index (κ3) is 5.53. The van der Waals surface area contributed by atoms with Gasteiger partial charge in [-0.2, -0.15) is 0 Å². The summed E-state index contributed by atoms with van der Waals surface area (Å²) in [5.41, 5.74) is 3.62. The number of amides is 1. The van der Waals surface area contributed by atoms with Gasteiger partial charge >= 0.3 is 0 Å². The van der Waals surface area contributed by atoms with Crippen LogP contribution in [0.5, 0.6) is 17.2 Å². The molecule has 0 saturated heterocycles. The van der Waals surface area contributed by atoms with Crippen molar-refractivity contribution >= 4 is 11.6 Å². The summed E-state index contributed by atoms with van der Waals surface area (Å²) in [5, 5.41) is 13.1. The van der Waals surface area contributed by atoms with Crippen molar-refractivity contribution in [1.82, 2.24) is 0 Å². The number of hydrogen-bond acceptors (Lipinski definition) is 3. The number of carbonyl (C=O) groups excluding carboxylic acids is 1. The molecule has 1 fully saturated rings. The van der Waals surface area contributed by atoms with E-state index in [1.54, 1.807) is 12.1 Å². The van der Waals surface area contributed by atoms with Crippen molar-refractivity contribution in [2.24, 2.45) is 5.92 Å². The quantitative estimate of drug-likeness (QED) is 0.540. The van der Waals surface area contributed by atoms with Crippen LogP contribution in [0.15, 0.2) is 30.3 Å². The maximum absolute atomic E-state index is 12.3. The fourth-order valence-corrected chi connectivity index (χ4v) is 4.22. The second-order valence-electron chi connectivity index (χ2n) is 8.65. The molecule has 156 valence electrons. The molecular formula is C25H33NO3. The molecule has 0 atom stereocenters. The van der Waals surface area contributed by atoms with Crippen molar-refractivity contribution in [3.05, 3.63) is 47.0 Å². The van der Waals surface area contributed by atoms with Crippen LogP contribution in [0.25, 0.3) is 0 Å². The molecule has 0 radical (unpaired) electrons. The van der Waals surface area contributed by atoms with E-state index < -0.39 is 0 Å². The van der Waals surface area contributed by atoms with E-state index >= 15 is 0 Å². The number of phenolic OH excluding ortho intramolecular Hbond substituents is 1. The van der Waals surface area contributed by atoms with Crippen LogP contribution in [0.1, 0.15) is 75.0 Å². The maximum Gasteiger partial charge on any atom is 0.224 e. The van der Waals surface area contributed by atoms with Crippen LogP contribution in [-0.4, -0.2) is 11.0 Å². The molecule has 1 amide bonds. The molecular weight excluding hydrogens is 362 g/mol. The van der Waals surface area contributed by atoms with E-state index in [2.05, 4.69) is 5.32 Å². The minimum absolute atomic E-state index is 0.0875. The highest BCUT2D eigenvalue weighted by Crippen LogP contribution is 2.35. The monoisotopic (exact) mass is 395 g/mol. The standard InChI is InChI=1S/C25H33NO3/c1-16(2)22-15-21(10-11-23(22)27)29-25-17(3)13-20(14-18(25)4)26-24(28)12-9-19-7-5-6-8-19/h10-11,13-16,19,27H,5-9,12H2,1-4H3,(H,26,28). The van der Waals surface area contributed by atoms with Gasteiger partial charge in [-0.1, -0.05) is 39.5 Å². The first-order valence-electron chi connectivity index (χ1n) is 10.8. The number of carbonyl (C=O) groups is 1. The van der Waals surface area contributed by atoms with E-state index in [9.17, 15) is 9.90 Å². The van der Waals surface area contributed by atoms with Crippen molar-refractivity contribution in [3.63, 3.8) is 0 Å². The second kappa shape index (κ2) is 9.34. The first-order chi connectivity index (χ1) is 13.8. The summed E-state index contributed by atoms with van der Waals surface area (Å²) < 4.78 is 6.14. The lowest BCUT2D eigenvalue weighted by Crippen LogP contribution is -2.13. The minimum atomic E-state index is 0.0875. The molecule has 0 aromatic heterocycles. The average Bonchev–Trinajstić information content (AvgIpc) is 3.18. The first-order valence-corrected chi connectivity index (χ1v) is 10.8. The van der Waals surface area contributed by atoms with Crippen LogP contribution < -0.4 is 10.1 Å². The van der Waals surface area contributed by atoms with Crippen molar-refractivity contribution in [3.8, 4) is 17.2 Å². The number of ether oxygens (including phenoxy) is 1. The summed E-state index contributed by atoms with van der Waals surface area (Å²) >= 11 is 0. The smallest absolute Gasteiger partial charge is 0.224 e. The summed E-state index contributed by atoms with van der Waals surface area (Å²) in [4.78, 5) is 12.3. The molecule has 2 aromatic rings. The molecule has 2 aromatic carbocycles. The lowest BCUT2D eigenvalue weighted by molar-refractivity contribution is -0.116. The summed E-state index contributed by atoms with van der Waals surface area (Å²) in [6, 6.07) is 9.25. The Labute approximate surface area is 174 Å². The van der Waals surface area contributed by atoms with Crippen molar-refractivity contribution < 1.29 is 14.6 Å². The number of nitrogens with one attached hydrogen (secondary N) is 1. The van der Waals surface area contributed by atoms with Gasteiger partial charge in [0.1, 0.15) is 17.2 Å². The Morgan fingerprint density at radius 3 is 2.41 bits per heavy atom. The van der Waals surface area contributed by atoms with E-state index in [-0.39, 0.29) is 17.6 Å². The molecule has 1 saturated carbocycles. The Morgan fingerprint density at radius 2 is 1.79 bits per heavy atom. The Morgan fingerprint density at radius 1 is 1.14 bits per heavy atom. The first kappa shape index (κ1) is 21.2. The summed E-state index contributed by atoms with van der Waals surface area (Å²) in [6.07, 6.45) is 6.74. The molecule has 1 aliphatic carbocycles. The lowest BCUT2D eigenvalue weighted by atomic mass is 10.0. The average molecular weight is 396 g/mol. The van der Waals surface area contributed by atoms with Crippen molar-refractivity contribution in [2.75, 3.05) is 5.32 Å². The maximum atomic E-state index is 12.3. The van der Waals surface area contributed by atoms with Gasteiger partial charge in [0, 0.05) is 17.7 Å².